The van der Waals surface area contributed by atoms with Gasteiger partial charge in [0.1, 0.15) is 0 Å². The molecule has 0 aliphatic heterocycles. The van der Waals surface area contributed by atoms with E-state index in [2.05, 4.69) is 6.58 Å². The number of carboxylic acid groups (broad SMARTS) is 1. The van der Waals surface area contributed by atoms with Gasteiger partial charge < -0.3 is 5.11 Å². The van der Waals surface area contributed by atoms with Gasteiger partial charge in [0.2, 0.25) is 0 Å². The fraction of sp³-hybridized carbons (Fsp3) is 0.100. The molecule has 0 rings (SSSR count). The summed E-state index contributed by atoms with van der Waals surface area (Å²) in [7, 11) is 0. The zero-order valence-electron chi connectivity index (χ0n) is 7.03. The molecule has 0 atom stereocenters. The Morgan fingerprint density at radius 3 is 2.50 bits per heavy atom. The van der Waals surface area contributed by atoms with Gasteiger partial charge in [-0.3, -0.25) is 0 Å². The molecule has 0 amide bonds. The fourth-order valence-electron chi connectivity index (χ4n) is 0.570. The molecule has 0 aliphatic rings. The number of rotatable bonds is 4. The first-order chi connectivity index (χ1) is 5.72. The number of carboxylic acids is 1. The summed E-state index contributed by atoms with van der Waals surface area (Å²) >= 11 is 0. The third-order valence-corrected chi connectivity index (χ3v) is 1.13. The van der Waals surface area contributed by atoms with Gasteiger partial charge in [-0.15, -0.1) is 0 Å². The molecule has 1 N–H and O–H groups in total. The third-order valence-electron chi connectivity index (χ3n) is 1.13. The van der Waals surface area contributed by atoms with E-state index in [9.17, 15) is 4.79 Å². The second kappa shape index (κ2) is 6.16. The van der Waals surface area contributed by atoms with Gasteiger partial charge in [0.05, 0.1) is 5.57 Å². The van der Waals surface area contributed by atoms with E-state index in [1.807, 2.05) is 6.92 Å². The largest absolute Gasteiger partial charge is 0.478 e. The Hall–Kier alpha value is -1.57. The van der Waals surface area contributed by atoms with Gasteiger partial charge in [-0.25, -0.2) is 4.79 Å². The maximum Gasteiger partial charge on any atom is 0.335 e. The summed E-state index contributed by atoms with van der Waals surface area (Å²) < 4.78 is 0. The van der Waals surface area contributed by atoms with Crippen molar-refractivity contribution in [3.63, 3.8) is 0 Å². The highest BCUT2D eigenvalue weighted by Gasteiger charge is 1.99. The Labute approximate surface area is 72.2 Å². The molecule has 0 aromatic carbocycles. The van der Waals surface area contributed by atoms with Crippen LogP contribution in [0.3, 0.4) is 0 Å². The van der Waals surface area contributed by atoms with E-state index in [1.165, 1.54) is 18.2 Å². The lowest BCUT2D eigenvalue weighted by atomic mass is 10.2. The fourth-order valence-corrected chi connectivity index (χ4v) is 0.570. The summed E-state index contributed by atoms with van der Waals surface area (Å²) in [6, 6.07) is 0. The second-order valence-electron chi connectivity index (χ2n) is 2.05. The first kappa shape index (κ1) is 10.4. The molecule has 12 heavy (non-hydrogen) atoms. The molecule has 0 heterocycles. The first-order valence-corrected chi connectivity index (χ1v) is 3.57. The van der Waals surface area contributed by atoms with Crippen LogP contribution in [0.25, 0.3) is 0 Å². The zero-order valence-corrected chi connectivity index (χ0v) is 7.03. The minimum Gasteiger partial charge on any atom is -0.478 e. The van der Waals surface area contributed by atoms with Crippen molar-refractivity contribution in [3.8, 4) is 0 Å². The lowest BCUT2D eigenvalue weighted by Gasteiger charge is -1.89. The summed E-state index contributed by atoms with van der Waals surface area (Å²) in [5.41, 5.74) is 0.244. The van der Waals surface area contributed by atoms with Crippen LogP contribution >= 0.6 is 0 Å². The average Bonchev–Trinajstić information content (AvgIpc) is 2.04. The quantitative estimate of drug-likeness (QED) is 0.511. The summed E-state index contributed by atoms with van der Waals surface area (Å²) in [6.07, 6.45) is 9.59. The van der Waals surface area contributed by atoms with Crippen LogP contribution in [-0.4, -0.2) is 11.1 Å². The maximum absolute atomic E-state index is 10.5. The summed E-state index contributed by atoms with van der Waals surface area (Å²) in [6.45, 7) is 5.27. The van der Waals surface area contributed by atoms with E-state index >= 15 is 0 Å². The number of aliphatic carboxylic acids is 1. The molecule has 0 radical (unpaired) electrons. The van der Waals surface area contributed by atoms with Crippen molar-refractivity contribution in [3.05, 3.63) is 48.6 Å². The van der Waals surface area contributed by atoms with Crippen LogP contribution in [0.4, 0.5) is 0 Å². The van der Waals surface area contributed by atoms with Crippen molar-refractivity contribution in [2.75, 3.05) is 0 Å². The highest BCUT2D eigenvalue weighted by Crippen LogP contribution is 1.97. The van der Waals surface area contributed by atoms with Gasteiger partial charge in [-0.1, -0.05) is 30.9 Å². The molecule has 0 fully saturated rings. The third kappa shape index (κ3) is 4.28. The highest BCUT2D eigenvalue weighted by atomic mass is 16.4. The van der Waals surface area contributed by atoms with Gasteiger partial charge in [0.25, 0.3) is 0 Å². The van der Waals surface area contributed by atoms with Crippen molar-refractivity contribution in [2.45, 2.75) is 6.92 Å². The zero-order chi connectivity index (χ0) is 9.40. The van der Waals surface area contributed by atoms with Crippen LogP contribution < -0.4 is 0 Å². The average molecular weight is 164 g/mol. The predicted molar refractivity (Wildman–Crippen MR) is 49.9 cm³/mol. The minimum atomic E-state index is -0.939. The summed E-state index contributed by atoms with van der Waals surface area (Å²) in [5.74, 6) is -0.939. The van der Waals surface area contributed by atoms with Gasteiger partial charge >= 0.3 is 5.97 Å². The van der Waals surface area contributed by atoms with Gasteiger partial charge in [-0.05, 0) is 19.1 Å². The monoisotopic (exact) mass is 164 g/mol. The van der Waals surface area contributed by atoms with Crippen molar-refractivity contribution in [1.29, 1.82) is 0 Å². The molecule has 0 spiro atoms. The number of allylic oxidation sites excluding steroid dienone is 5. The maximum atomic E-state index is 10.5. The van der Waals surface area contributed by atoms with E-state index in [0.29, 0.717) is 0 Å². The Balaban J connectivity index is 4.54. The van der Waals surface area contributed by atoms with E-state index in [1.54, 1.807) is 18.2 Å². The van der Waals surface area contributed by atoms with Crippen LogP contribution in [0.5, 0.6) is 0 Å². The topological polar surface area (TPSA) is 37.3 Å². The van der Waals surface area contributed by atoms with Crippen LogP contribution in [0.15, 0.2) is 48.6 Å². The van der Waals surface area contributed by atoms with E-state index in [-0.39, 0.29) is 5.57 Å². The molecular formula is C10H12O2. The molecule has 0 saturated heterocycles. The van der Waals surface area contributed by atoms with Crippen LogP contribution in [0.2, 0.25) is 0 Å². The lowest BCUT2D eigenvalue weighted by molar-refractivity contribution is -0.132. The van der Waals surface area contributed by atoms with E-state index < -0.39 is 5.97 Å². The molecular weight excluding hydrogens is 152 g/mol. The first-order valence-electron chi connectivity index (χ1n) is 3.57. The van der Waals surface area contributed by atoms with Crippen LogP contribution in [-0.2, 0) is 4.79 Å². The molecule has 0 saturated carbocycles. The number of hydrogen-bond acceptors (Lipinski definition) is 1. The SMILES string of the molecule is C=CC=CC(=CC=CC)C(=O)O. The van der Waals surface area contributed by atoms with E-state index in [4.69, 9.17) is 5.11 Å². The molecule has 2 heteroatoms. The van der Waals surface area contributed by atoms with E-state index in [0.717, 1.165) is 0 Å². The minimum absolute atomic E-state index is 0.244. The smallest absolute Gasteiger partial charge is 0.335 e. The Bertz CT molecular complexity index is 245. The Morgan fingerprint density at radius 1 is 1.42 bits per heavy atom. The van der Waals surface area contributed by atoms with Crippen molar-refractivity contribution in [1.82, 2.24) is 0 Å². The molecule has 0 aromatic heterocycles. The lowest BCUT2D eigenvalue weighted by Crippen LogP contribution is -1.96. The standard InChI is InChI=1S/C10H12O2/c1-3-5-7-9(10(11)12)8-6-4-2/h3-8H,1H2,2H3,(H,11,12). The molecule has 0 aliphatic carbocycles. The normalized spacial score (nSPS) is 12.6. The van der Waals surface area contributed by atoms with Crippen molar-refractivity contribution >= 4 is 5.97 Å². The molecule has 0 unspecified atom stereocenters. The highest BCUT2D eigenvalue weighted by molar-refractivity contribution is 5.90. The predicted octanol–water partition coefficient (Wildman–Crippen LogP) is 2.32. The van der Waals surface area contributed by atoms with Gasteiger partial charge in [-0.2, -0.15) is 0 Å². The van der Waals surface area contributed by atoms with Gasteiger partial charge in [0, 0.05) is 0 Å². The molecule has 2 nitrogen and oxygen atoms in total. The summed E-state index contributed by atoms with van der Waals surface area (Å²) in [4.78, 5) is 10.5. The number of carbonyl (C=O) groups is 1. The Morgan fingerprint density at radius 2 is 2.08 bits per heavy atom. The van der Waals surface area contributed by atoms with Crippen molar-refractivity contribution in [2.24, 2.45) is 0 Å². The molecule has 64 valence electrons. The van der Waals surface area contributed by atoms with Gasteiger partial charge in [0.15, 0.2) is 0 Å². The second-order valence-corrected chi connectivity index (χ2v) is 2.05. The van der Waals surface area contributed by atoms with Crippen molar-refractivity contribution < 1.29 is 9.90 Å². The summed E-state index contributed by atoms with van der Waals surface area (Å²) in [5, 5.41) is 8.64. The molecule has 0 aromatic rings. The molecule has 0 bridgehead atoms. The Kier molecular flexibility index (Phi) is 5.35. The van der Waals surface area contributed by atoms with Crippen LogP contribution in [0, 0.1) is 0 Å². The number of hydrogen-bond donors (Lipinski definition) is 1. The van der Waals surface area contributed by atoms with Crippen LogP contribution in [0.1, 0.15) is 6.92 Å².